The predicted molar refractivity (Wildman–Crippen MR) is 171 cm³/mol. The Morgan fingerprint density at radius 2 is 1.62 bits per heavy atom. The topological polar surface area (TPSA) is 86.8 Å². The molecule has 3 aromatic carbocycles. The van der Waals surface area contributed by atoms with Crippen LogP contribution in [-0.4, -0.2) is 50.0 Å². The summed E-state index contributed by atoms with van der Waals surface area (Å²) in [6.45, 7) is 8.12. The lowest BCUT2D eigenvalue weighted by molar-refractivity contribution is -0.141. The molecule has 0 bridgehead atoms. The van der Waals surface area contributed by atoms with Gasteiger partial charge in [-0.05, 0) is 74.1 Å². The number of halogens is 1. The Morgan fingerprint density at radius 3 is 2.24 bits per heavy atom. The van der Waals surface area contributed by atoms with E-state index in [0.717, 1.165) is 28.7 Å². The van der Waals surface area contributed by atoms with Crippen LogP contribution in [-0.2, 0) is 32.6 Å². The third-order valence-electron chi connectivity index (χ3n) is 7.50. The third-order valence-corrected chi connectivity index (χ3v) is 9.06. The molecule has 0 heterocycles. The lowest BCUT2D eigenvalue weighted by Crippen LogP contribution is -2.52. The summed E-state index contributed by atoms with van der Waals surface area (Å²) in [5.41, 5.74) is 4.28. The Labute approximate surface area is 255 Å². The van der Waals surface area contributed by atoms with E-state index >= 15 is 0 Å². The standard InChI is InChI=1S/C33H42ClN3O4S/c1-6-26(4)35-33(39)31(22-27-13-8-7-9-14-27)36(23-28-15-10-11-16-30(28)34)32(38)17-12-20-37(42(5,40)41)29-19-18-24(2)25(3)21-29/h7-11,13-16,18-19,21,26,31H,6,12,17,20,22-23H2,1-5H3,(H,35,39)/t26-,31-/m0/s1. The molecule has 2 amide bonds. The van der Waals surface area contributed by atoms with Crippen molar-refractivity contribution in [2.45, 2.75) is 72.0 Å². The first-order valence-electron chi connectivity index (χ1n) is 14.3. The molecule has 9 heteroatoms. The van der Waals surface area contributed by atoms with E-state index in [9.17, 15) is 18.0 Å². The maximum absolute atomic E-state index is 14.0. The van der Waals surface area contributed by atoms with E-state index in [0.29, 0.717) is 17.1 Å². The minimum Gasteiger partial charge on any atom is -0.352 e. The maximum atomic E-state index is 14.0. The molecule has 0 aliphatic carbocycles. The largest absolute Gasteiger partial charge is 0.352 e. The molecule has 42 heavy (non-hydrogen) atoms. The van der Waals surface area contributed by atoms with Gasteiger partial charge in [-0.1, -0.05) is 73.1 Å². The Kier molecular flexibility index (Phi) is 12.0. The van der Waals surface area contributed by atoms with E-state index in [-0.39, 0.29) is 43.8 Å². The van der Waals surface area contributed by atoms with Crippen molar-refractivity contribution in [3.8, 4) is 0 Å². The number of amides is 2. The predicted octanol–water partition coefficient (Wildman–Crippen LogP) is 6.06. The fourth-order valence-corrected chi connectivity index (χ4v) is 5.84. The van der Waals surface area contributed by atoms with E-state index in [4.69, 9.17) is 11.6 Å². The molecular weight excluding hydrogens is 570 g/mol. The van der Waals surface area contributed by atoms with Crippen LogP contribution < -0.4 is 9.62 Å². The van der Waals surface area contributed by atoms with Crippen molar-refractivity contribution in [2.75, 3.05) is 17.1 Å². The van der Waals surface area contributed by atoms with E-state index < -0.39 is 16.1 Å². The van der Waals surface area contributed by atoms with Gasteiger partial charge < -0.3 is 10.2 Å². The highest BCUT2D eigenvalue weighted by atomic mass is 35.5. The van der Waals surface area contributed by atoms with Gasteiger partial charge in [-0.25, -0.2) is 8.42 Å². The second-order valence-corrected chi connectivity index (χ2v) is 13.2. The third kappa shape index (κ3) is 9.33. The monoisotopic (exact) mass is 611 g/mol. The summed E-state index contributed by atoms with van der Waals surface area (Å²) < 4.78 is 26.8. The Morgan fingerprint density at radius 1 is 0.952 bits per heavy atom. The smallest absolute Gasteiger partial charge is 0.243 e. The molecule has 1 N–H and O–H groups in total. The van der Waals surface area contributed by atoms with Crippen LogP contribution in [0.25, 0.3) is 0 Å². The van der Waals surface area contributed by atoms with Crippen molar-refractivity contribution >= 4 is 39.1 Å². The van der Waals surface area contributed by atoms with Crippen LogP contribution in [0, 0.1) is 13.8 Å². The van der Waals surface area contributed by atoms with Crippen LogP contribution in [0.3, 0.4) is 0 Å². The summed E-state index contributed by atoms with van der Waals surface area (Å²) in [4.78, 5) is 29.2. The first kappa shape index (κ1) is 33.1. The minimum atomic E-state index is -3.58. The number of rotatable bonds is 14. The molecular formula is C33H42ClN3O4S. The highest BCUT2D eigenvalue weighted by molar-refractivity contribution is 7.92. The summed E-state index contributed by atoms with van der Waals surface area (Å²) >= 11 is 6.50. The molecule has 0 spiro atoms. The van der Waals surface area contributed by atoms with Gasteiger partial charge in [0, 0.05) is 37.0 Å². The molecule has 0 fully saturated rings. The number of aryl methyl sites for hydroxylation is 2. The van der Waals surface area contributed by atoms with Crippen LogP contribution in [0.4, 0.5) is 5.69 Å². The van der Waals surface area contributed by atoms with Crippen molar-refractivity contribution in [3.63, 3.8) is 0 Å². The SMILES string of the molecule is CC[C@H](C)NC(=O)[C@H](Cc1ccccc1)N(Cc1ccccc1Cl)C(=O)CCCN(c1ccc(C)c(C)c1)S(C)(=O)=O. The van der Waals surface area contributed by atoms with Gasteiger partial charge in [0.25, 0.3) is 0 Å². The van der Waals surface area contributed by atoms with Crippen molar-refractivity contribution in [1.29, 1.82) is 0 Å². The quantitative estimate of drug-likeness (QED) is 0.240. The van der Waals surface area contributed by atoms with Crippen LogP contribution in [0.1, 0.15) is 55.4 Å². The summed E-state index contributed by atoms with van der Waals surface area (Å²) in [6, 6.07) is 21.6. The number of nitrogens with zero attached hydrogens (tertiary/aromatic N) is 2. The number of sulfonamides is 1. The molecule has 0 aliphatic rings. The first-order chi connectivity index (χ1) is 19.9. The van der Waals surface area contributed by atoms with Gasteiger partial charge in [0.1, 0.15) is 6.04 Å². The van der Waals surface area contributed by atoms with Gasteiger partial charge in [-0.2, -0.15) is 0 Å². The van der Waals surface area contributed by atoms with Gasteiger partial charge in [0.05, 0.1) is 11.9 Å². The second kappa shape index (κ2) is 15.2. The lowest BCUT2D eigenvalue weighted by atomic mass is 10.0. The molecule has 0 saturated heterocycles. The molecule has 7 nitrogen and oxygen atoms in total. The molecule has 0 aliphatic heterocycles. The van der Waals surface area contributed by atoms with E-state index in [1.54, 1.807) is 17.0 Å². The number of hydrogen-bond donors (Lipinski definition) is 1. The van der Waals surface area contributed by atoms with Crippen LogP contribution >= 0.6 is 11.6 Å². The zero-order valence-corrected chi connectivity index (χ0v) is 26.7. The van der Waals surface area contributed by atoms with Crippen LogP contribution in [0.5, 0.6) is 0 Å². The maximum Gasteiger partial charge on any atom is 0.243 e. The zero-order valence-electron chi connectivity index (χ0n) is 25.1. The van der Waals surface area contributed by atoms with Gasteiger partial charge in [0.15, 0.2) is 0 Å². The first-order valence-corrected chi connectivity index (χ1v) is 16.6. The fourth-order valence-electron chi connectivity index (χ4n) is 4.69. The Hall–Kier alpha value is -3.36. The van der Waals surface area contributed by atoms with Crippen LogP contribution in [0.15, 0.2) is 72.8 Å². The summed E-state index contributed by atoms with van der Waals surface area (Å²) in [5, 5.41) is 3.57. The molecule has 0 unspecified atom stereocenters. The van der Waals surface area contributed by atoms with Crippen molar-refractivity contribution < 1.29 is 18.0 Å². The van der Waals surface area contributed by atoms with Crippen molar-refractivity contribution in [3.05, 3.63) is 100 Å². The highest BCUT2D eigenvalue weighted by Gasteiger charge is 2.31. The number of nitrogens with one attached hydrogen (secondary N) is 1. The number of carbonyl (C=O) groups excluding carboxylic acids is 2. The summed E-state index contributed by atoms with van der Waals surface area (Å²) in [7, 11) is -3.58. The minimum absolute atomic E-state index is 0.0587. The van der Waals surface area contributed by atoms with Crippen molar-refractivity contribution in [2.24, 2.45) is 0 Å². The van der Waals surface area contributed by atoms with Gasteiger partial charge in [0.2, 0.25) is 21.8 Å². The Bertz CT molecular complexity index is 1460. The molecule has 226 valence electrons. The van der Waals surface area contributed by atoms with E-state index in [1.807, 2.05) is 88.4 Å². The average Bonchev–Trinajstić information content (AvgIpc) is 2.95. The summed E-state index contributed by atoms with van der Waals surface area (Å²) in [6.07, 6.45) is 2.59. The number of benzene rings is 3. The molecule has 0 saturated carbocycles. The molecule has 2 atom stereocenters. The molecule has 3 aromatic rings. The molecule has 3 rings (SSSR count). The number of anilines is 1. The van der Waals surface area contributed by atoms with Gasteiger partial charge >= 0.3 is 0 Å². The normalized spacial score (nSPS) is 12.8. The van der Waals surface area contributed by atoms with E-state index in [2.05, 4.69) is 5.32 Å². The second-order valence-electron chi connectivity index (χ2n) is 10.8. The fraction of sp³-hybridized carbons (Fsp3) is 0.394. The van der Waals surface area contributed by atoms with Crippen molar-refractivity contribution in [1.82, 2.24) is 10.2 Å². The number of hydrogen-bond acceptors (Lipinski definition) is 4. The average molecular weight is 612 g/mol. The highest BCUT2D eigenvalue weighted by Crippen LogP contribution is 2.24. The van der Waals surface area contributed by atoms with Gasteiger partial charge in [-0.3, -0.25) is 13.9 Å². The molecule has 0 radical (unpaired) electrons. The molecule has 0 aromatic heterocycles. The Balaban J connectivity index is 1.91. The lowest BCUT2D eigenvalue weighted by Gasteiger charge is -2.33. The van der Waals surface area contributed by atoms with E-state index in [1.165, 1.54) is 10.6 Å². The zero-order chi connectivity index (χ0) is 30.9. The van der Waals surface area contributed by atoms with Crippen LogP contribution in [0.2, 0.25) is 5.02 Å². The number of carbonyl (C=O) groups is 2. The van der Waals surface area contributed by atoms with Gasteiger partial charge in [-0.15, -0.1) is 0 Å². The summed E-state index contributed by atoms with van der Waals surface area (Å²) in [5.74, 6) is -0.481.